The topological polar surface area (TPSA) is 0 Å². The van der Waals surface area contributed by atoms with Crippen molar-refractivity contribution < 1.29 is 33.8 Å². The average molecular weight is 161 g/mol. The second-order valence-corrected chi connectivity index (χ2v) is 0. The summed E-state index contributed by atoms with van der Waals surface area (Å²) in [6.07, 6.45) is 0. The molecule has 0 fully saturated rings. The molecule has 0 nitrogen and oxygen atoms in total. The minimum absolute atomic E-state index is 0. The predicted molar refractivity (Wildman–Crippen MR) is 21.3 cm³/mol. The van der Waals surface area contributed by atoms with Gasteiger partial charge in [0.25, 0.3) is 0 Å². The van der Waals surface area contributed by atoms with Gasteiger partial charge in [0.2, 0.25) is 0 Å². The molecule has 4 heavy (non-hydrogen) atoms. The van der Waals surface area contributed by atoms with Crippen LogP contribution in [0, 0.1) is 0 Å². The van der Waals surface area contributed by atoms with Crippen LogP contribution in [0.25, 0.3) is 0 Å². The zero-order valence-corrected chi connectivity index (χ0v) is 2.83. The number of rotatable bonds is 0. The maximum atomic E-state index is 0. The Morgan fingerprint density at radius 1 is 1.00 bits per heavy atom. The fourth-order valence-corrected chi connectivity index (χ4v) is 0. The molecule has 0 unspecified atom stereocenters. The van der Waals surface area contributed by atoms with Crippen LogP contribution in [0.5, 0.6) is 0 Å². The Kier molecular flexibility index (Phi) is 397. The maximum Gasteiger partial charge on any atom is 0.0814 e. The third-order valence-corrected chi connectivity index (χ3v) is 0. The summed E-state index contributed by atoms with van der Waals surface area (Å²) in [5, 5.41) is 0. The van der Waals surface area contributed by atoms with Gasteiger partial charge in [-0.1, -0.05) is 0 Å². The first-order valence-corrected chi connectivity index (χ1v) is 0. The Hall–Kier alpha value is 1.31. The Bertz CT molecular complexity index is 8.00. The Morgan fingerprint density at radius 2 is 1.00 bits per heavy atom. The zero-order valence-electron chi connectivity index (χ0n) is 0.687. The molecule has 31 valence electrons. The zero-order chi connectivity index (χ0) is 0. The van der Waals surface area contributed by atoms with E-state index < -0.39 is 0 Å². The van der Waals surface area contributed by atoms with Crippen molar-refractivity contribution in [1.82, 2.24) is 0 Å². The molecule has 0 aliphatic rings. The molecule has 0 N–H and O–H groups in total. The summed E-state index contributed by atoms with van der Waals surface area (Å²) in [5.74, 6) is 0. The fraction of sp³-hybridized carbons (Fsp3) is 0. The minimum Gasteiger partial charge on any atom is -0.0149 e. The van der Waals surface area contributed by atoms with Crippen LogP contribution in [-0.4, -0.2) is 19.4 Å². The molecule has 0 bridgehead atoms. The van der Waals surface area contributed by atoms with E-state index in [9.17, 15) is 0 Å². The summed E-state index contributed by atoms with van der Waals surface area (Å²) < 4.78 is 0. The smallest absolute Gasteiger partial charge is 0.0149 e. The predicted octanol–water partition coefficient (Wildman–Crippen LogP) is -2.64. The van der Waals surface area contributed by atoms with E-state index in [-0.39, 0.29) is 53.2 Å². The quantitative estimate of drug-likeness (QED) is 0.340. The van der Waals surface area contributed by atoms with E-state index in [0.717, 1.165) is 0 Å². The van der Waals surface area contributed by atoms with Crippen LogP contribution >= 0.6 is 0 Å². The van der Waals surface area contributed by atoms with Crippen LogP contribution in [0.2, 0.25) is 0 Å². The Balaban J connectivity index is 0. The Labute approximate surface area is 53.4 Å². The van der Waals surface area contributed by atoms with Crippen LogP contribution in [-0.2, 0) is 33.8 Å². The van der Waals surface area contributed by atoms with Crippen LogP contribution in [0.15, 0.2) is 0 Å². The minimum atomic E-state index is 0. The molecule has 0 saturated heterocycles. The largest absolute Gasteiger partial charge is 0.0814 e. The van der Waals surface area contributed by atoms with E-state index >= 15 is 0 Å². The first-order valence-electron chi connectivity index (χ1n) is 0. The average Bonchev–Trinajstić information content (AvgIpc) is 0. The summed E-state index contributed by atoms with van der Waals surface area (Å²) in [6.45, 7) is 0. The van der Waals surface area contributed by atoms with E-state index in [1.165, 1.54) is 0 Å². The molecule has 0 aliphatic heterocycles. The van der Waals surface area contributed by atoms with Crippen molar-refractivity contribution in [3.63, 3.8) is 0 Å². The van der Waals surface area contributed by atoms with Crippen LogP contribution in [0.1, 0.15) is 0 Å². The van der Waals surface area contributed by atoms with E-state index in [4.69, 9.17) is 0 Å². The van der Waals surface area contributed by atoms with Gasteiger partial charge in [-0.2, -0.15) is 0 Å². The maximum absolute atomic E-state index is 0. The van der Waals surface area contributed by atoms with Gasteiger partial charge in [0.05, 0.1) is 8.41 Å². The second-order valence-electron chi connectivity index (χ2n) is 0. The summed E-state index contributed by atoms with van der Waals surface area (Å²) in [5.41, 5.74) is 0. The van der Waals surface area contributed by atoms with Crippen molar-refractivity contribution in [2.24, 2.45) is 0 Å². The van der Waals surface area contributed by atoms with Gasteiger partial charge in [-0.05, 0) is 11.0 Å². The van der Waals surface area contributed by atoms with Gasteiger partial charge in [0, 0.05) is 33.8 Å². The number of hydrogen-bond donors (Lipinski definition) is 0. The summed E-state index contributed by atoms with van der Waals surface area (Å²) in [4.78, 5) is 0. The van der Waals surface area contributed by atoms with Gasteiger partial charge < -0.3 is 0 Å². The Morgan fingerprint density at radius 3 is 1.00 bits per heavy atom. The van der Waals surface area contributed by atoms with E-state index in [1.807, 2.05) is 0 Å². The fourth-order valence-electron chi connectivity index (χ4n) is 0. The molecule has 0 atom stereocenters. The molecule has 0 aromatic rings. The van der Waals surface area contributed by atoms with Gasteiger partial charge >= 0.3 is 0 Å². The SMILES string of the molecule is B.[Co].[Fe].[SiH4]. The van der Waals surface area contributed by atoms with Crippen molar-refractivity contribution in [2.75, 3.05) is 0 Å². The first-order chi connectivity index (χ1) is 0. The van der Waals surface area contributed by atoms with Gasteiger partial charge in [0.15, 0.2) is 0 Å². The van der Waals surface area contributed by atoms with Gasteiger partial charge in [0.1, 0.15) is 0 Å². The standard InChI is InChI=1S/BH3.Co.Fe.H4Si/h1H3;;;1H4. The molecular weight excluding hydrogens is 154 g/mol. The number of hydrogen-bond acceptors (Lipinski definition) is 0. The molecule has 0 aliphatic carbocycles. The van der Waals surface area contributed by atoms with E-state index in [1.54, 1.807) is 0 Å². The van der Waals surface area contributed by atoms with Gasteiger partial charge in [-0.3, -0.25) is 0 Å². The third kappa shape index (κ3) is 10.3. The van der Waals surface area contributed by atoms with Crippen molar-refractivity contribution in [2.45, 2.75) is 0 Å². The van der Waals surface area contributed by atoms with Crippen LogP contribution in [0.4, 0.5) is 0 Å². The summed E-state index contributed by atoms with van der Waals surface area (Å²) in [6, 6.07) is 0. The molecule has 4 heteroatoms. The van der Waals surface area contributed by atoms with Crippen molar-refractivity contribution in [3.05, 3.63) is 0 Å². The molecule has 0 aromatic heterocycles. The molecular formula is H7BCoFeSi. The normalized spacial score (nSPS) is 0. The van der Waals surface area contributed by atoms with Gasteiger partial charge in [-0.25, -0.2) is 0 Å². The molecule has 0 rings (SSSR count). The van der Waals surface area contributed by atoms with Crippen molar-refractivity contribution >= 4 is 19.4 Å². The summed E-state index contributed by atoms with van der Waals surface area (Å²) >= 11 is 0. The van der Waals surface area contributed by atoms with E-state index in [0.29, 0.717) is 0 Å². The molecule has 0 saturated carbocycles. The second kappa shape index (κ2) is 27.6. The summed E-state index contributed by atoms with van der Waals surface area (Å²) in [7, 11) is 0. The molecule has 1 radical (unpaired) electrons. The van der Waals surface area contributed by atoms with Crippen molar-refractivity contribution in [3.8, 4) is 0 Å². The third-order valence-electron chi connectivity index (χ3n) is 0. The van der Waals surface area contributed by atoms with Gasteiger partial charge in [-0.15, -0.1) is 0 Å². The monoisotopic (exact) mass is 161 g/mol. The van der Waals surface area contributed by atoms with Crippen molar-refractivity contribution in [1.29, 1.82) is 0 Å². The van der Waals surface area contributed by atoms with Crippen LogP contribution in [0.3, 0.4) is 0 Å². The van der Waals surface area contributed by atoms with Crippen LogP contribution < -0.4 is 0 Å². The molecule has 0 aromatic carbocycles. The molecule has 0 spiro atoms. The van der Waals surface area contributed by atoms with E-state index in [2.05, 4.69) is 0 Å². The molecule has 0 amide bonds. The first kappa shape index (κ1) is 57.6. The molecule has 0 heterocycles.